The summed E-state index contributed by atoms with van der Waals surface area (Å²) in [5.41, 5.74) is -0.119. The fourth-order valence-corrected chi connectivity index (χ4v) is 0.777. The average Bonchev–Trinajstić information content (AvgIpc) is 2.21. The summed E-state index contributed by atoms with van der Waals surface area (Å²) in [4.78, 5) is 20.9. The summed E-state index contributed by atoms with van der Waals surface area (Å²) in [5.74, 6) is -1.02. The molecule has 0 fully saturated rings. The summed E-state index contributed by atoms with van der Waals surface area (Å²) < 4.78 is 0. The van der Waals surface area contributed by atoms with Crippen molar-refractivity contribution in [3.8, 4) is 0 Å². The van der Waals surface area contributed by atoms with Gasteiger partial charge in [0, 0.05) is 5.56 Å². The molecule has 0 aliphatic heterocycles. The molecule has 4 heteroatoms. The molecule has 0 unspecified atom stereocenters. The molecule has 2 radical (unpaired) electrons. The van der Waals surface area contributed by atoms with Crippen LogP contribution in [0.1, 0.15) is 34.6 Å². The Morgan fingerprint density at radius 2 is 1.43 bits per heavy atom. The lowest BCUT2D eigenvalue weighted by Crippen LogP contribution is -2.00. The van der Waals surface area contributed by atoms with Gasteiger partial charge in [-0.1, -0.05) is 26.0 Å². The maximum Gasteiger partial charge on any atom is 0.335 e. The van der Waals surface area contributed by atoms with Crippen LogP contribution in [0.25, 0.3) is 0 Å². The van der Waals surface area contributed by atoms with E-state index in [0.717, 1.165) is 0 Å². The Kier molecular flexibility index (Phi) is 5.30. The molecule has 0 aliphatic rings. The molecule has 1 aromatic rings. The van der Waals surface area contributed by atoms with Crippen molar-refractivity contribution in [3.63, 3.8) is 0 Å². The largest absolute Gasteiger partial charge is 0.478 e. The van der Waals surface area contributed by atoms with E-state index in [2.05, 4.69) is 0 Å². The number of aromatic carboxylic acids is 1. The number of carbonyl (C=O) groups excluding carboxylic acids is 1. The van der Waals surface area contributed by atoms with E-state index in [1.807, 2.05) is 13.8 Å². The Balaban J connectivity index is 0.000000791. The molecule has 3 nitrogen and oxygen atoms in total. The summed E-state index contributed by atoms with van der Waals surface area (Å²) in [6, 6.07) is 5.43. The molecule has 0 bridgehead atoms. The first-order valence-electron chi connectivity index (χ1n) is 4.24. The predicted molar refractivity (Wildman–Crippen MR) is 54.8 cm³/mol. The van der Waals surface area contributed by atoms with Crippen molar-refractivity contribution in [2.45, 2.75) is 13.8 Å². The first-order valence-corrected chi connectivity index (χ1v) is 4.24. The summed E-state index contributed by atoms with van der Waals surface area (Å²) in [6.45, 7) is 4.00. The standard InChI is InChI=1S/C8H5BO3.C2H6/c9-7(10)5-1-3-6(4-2-5)8(11)12;1-2/h1-4H,(H,11,12);1-2H3. The Hall–Kier alpha value is -1.58. The van der Waals surface area contributed by atoms with Crippen LogP contribution >= 0.6 is 0 Å². The van der Waals surface area contributed by atoms with Gasteiger partial charge in [-0.25, -0.2) is 4.79 Å². The summed E-state index contributed by atoms with van der Waals surface area (Å²) >= 11 is 0. The zero-order valence-corrected chi connectivity index (χ0v) is 8.15. The zero-order chi connectivity index (χ0) is 11.1. The minimum Gasteiger partial charge on any atom is -0.478 e. The fraction of sp³-hybridized carbons (Fsp3) is 0.200. The van der Waals surface area contributed by atoms with Crippen LogP contribution in [0.2, 0.25) is 0 Å². The average molecular weight is 190 g/mol. The van der Waals surface area contributed by atoms with E-state index >= 15 is 0 Å². The van der Waals surface area contributed by atoms with Crippen LogP contribution in [0, 0.1) is 0 Å². The molecule has 14 heavy (non-hydrogen) atoms. The summed E-state index contributed by atoms with van der Waals surface area (Å²) in [5, 5.41) is 8.50. The van der Waals surface area contributed by atoms with Gasteiger partial charge >= 0.3 is 5.97 Å². The first-order chi connectivity index (χ1) is 6.61. The van der Waals surface area contributed by atoms with Gasteiger partial charge in [0.15, 0.2) is 7.85 Å². The maximum atomic E-state index is 10.6. The van der Waals surface area contributed by atoms with Crippen LogP contribution in [-0.2, 0) is 0 Å². The van der Waals surface area contributed by atoms with Crippen LogP contribution in [-0.4, -0.2) is 24.6 Å². The second-order valence-electron chi connectivity index (χ2n) is 2.25. The van der Waals surface area contributed by atoms with Gasteiger partial charge in [-0.3, -0.25) is 0 Å². The first kappa shape index (κ1) is 12.4. The molecule has 0 saturated heterocycles. The van der Waals surface area contributed by atoms with Gasteiger partial charge in [-0.05, 0) is 12.1 Å². The third-order valence-corrected chi connectivity index (χ3v) is 1.42. The summed E-state index contributed by atoms with van der Waals surface area (Å²) in [6.07, 6.45) is 0. The van der Waals surface area contributed by atoms with Gasteiger partial charge in [0.2, 0.25) is 0 Å². The fourth-order valence-electron chi connectivity index (χ4n) is 0.777. The number of hydrogen-bond donors (Lipinski definition) is 1. The van der Waals surface area contributed by atoms with Gasteiger partial charge in [0.25, 0.3) is 0 Å². The second kappa shape index (κ2) is 5.97. The number of benzene rings is 1. The monoisotopic (exact) mass is 190 g/mol. The van der Waals surface area contributed by atoms with Crippen LogP contribution in [0.5, 0.6) is 0 Å². The van der Waals surface area contributed by atoms with Gasteiger partial charge in [-0.15, -0.1) is 0 Å². The number of carboxylic acids is 1. The highest BCUT2D eigenvalue weighted by molar-refractivity contribution is 6.62. The normalized spacial score (nSPS) is 8.43. The van der Waals surface area contributed by atoms with Crippen molar-refractivity contribution >= 4 is 19.5 Å². The van der Waals surface area contributed by atoms with Gasteiger partial charge < -0.3 is 9.90 Å². The molecule has 0 aromatic heterocycles. The zero-order valence-electron chi connectivity index (χ0n) is 8.15. The van der Waals surface area contributed by atoms with E-state index in [-0.39, 0.29) is 5.56 Å². The topological polar surface area (TPSA) is 54.4 Å². The molecule has 0 heterocycles. The molecule has 1 N–H and O–H groups in total. The number of carboxylic acid groups (broad SMARTS) is 1. The molecule has 0 amide bonds. The lowest BCUT2D eigenvalue weighted by molar-refractivity contribution is 0.0696. The Labute approximate surface area is 84.2 Å². The molecule has 0 aliphatic carbocycles. The van der Waals surface area contributed by atoms with E-state index in [4.69, 9.17) is 13.0 Å². The van der Waals surface area contributed by atoms with Crippen LogP contribution in [0.3, 0.4) is 0 Å². The molecule has 1 rings (SSSR count). The molecule has 1 aromatic carbocycles. The van der Waals surface area contributed by atoms with E-state index < -0.39 is 11.7 Å². The third kappa shape index (κ3) is 3.43. The minimum absolute atomic E-state index is 0.139. The number of rotatable bonds is 2. The quantitative estimate of drug-likeness (QED) is 0.722. The van der Waals surface area contributed by atoms with Gasteiger partial charge in [0.05, 0.1) is 5.56 Å². The predicted octanol–water partition coefficient (Wildman–Crippen LogP) is 1.72. The lowest BCUT2D eigenvalue weighted by Gasteiger charge is -1.96. The lowest BCUT2D eigenvalue weighted by atomic mass is 9.94. The minimum atomic E-state index is -1.02. The molecule has 72 valence electrons. The second-order valence-corrected chi connectivity index (χ2v) is 2.25. The smallest absolute Gasteiger partial charge is 0.335 e. The Bertz CT molecular complexity index is 284. The van der Waals surface area contributed by atoms with E-state index in [9.17, 15) is 9.59 Å². The molecular weight excluding hydrogens is 179 g/mol. The van der Waals surface area contributed by atoms with Crippen LogP contribution in [0.4, 0.5) is 0 Å². The highest BCUT2D eigenvalue weighted by atomic mass is 16.4. The molecule has 0 spiro atoms. The molecule has 0 saturated carbocycles. The molecule has 0 atom stereocenters. The van der Waals surface area contributed by atoms with Crippen molar-refractivity contribution in [2.75, 3.05) is 0 Å². The SMILES string of the molecule is CC.[B]C(=O)c1ccc(C(=O)O)cc1. The van der Waals surface area contributed by atoms with Crippen molar-refractivity contribution in [1.29, 1.82) is 0 Å². The third-order valence-electron chi connectivity index (χ3n) is 1.42. The van der Waals surface area contributed by atoms with E-state index in [1.54, 1.807) is 0 Å². The van der Waals surface area contributed by atoms with Gasteiger partial charge in [0.1, 0.15) is 5.68 Å². The Morgan fingerprint density at radius 3 is 1.71 bits per heavy atom. The highest BCUT2D eigenvalue weighted by Crippen LogP contribution is 2.03. The summed E-state index contributed by atoms with van der Waals surface area (Å²) in [7, 11) is 4.95. The van der Waals surface area contributed by atoms with Gasteiger partial charge in [-0.2, -0.15) is 0 Å². The highest BCUT2D eigenvalue weighted by Gasteiger charge is 2.02. The van der Waals surface area contributed by atoms with Crippen LogP contribution < -0.4 is 0 Å². The van der Waals surface area contributed by atoms with Crippen molar-refractivity contribution in [1.82, 2.24) is 0 Å². The van der Waals surface area contributed by atoms with E-state index in [1.165, 1.54) is 24.3 Å². The Morgan fingerprint density at radius 1 is 1.07 bits per heavy atom. The van der Waals surface area contributed by atoms with Crippen molar-refractivity contribution < 1.29 is 14.7 Å². The van der Waals surface area contributed by atoms with Crippen LogP contribution in [0.15, 0.2) is 24.3 Å². The van der Waals surface area contributed by atoms with E-state index in [0.29, 0.717) is 5.56 Å². The maximum absolute atomic E-state index is 10.6. The number of carbonyl (C=O) groups is 2. The number of hydrogen-bond acceptors (Lipinski definition) is 2. The van der Waals surface area contributed by atoms with Crippen molar-refractivity contribution in [2.24, 2.45) is 0 Å². The van der Waals surface area contributed by atoms with Crippen molar-refractivity contribution in [3.05, 3.63) is 35.4 Å². The molecular formula is C10H11BO3.